The van der Waals surface area contributed by atoms with Gasteiger partial charge in [0, 0.05) is 0 Å². The fourth-order valence-electron chi connectivity index (χ4n) is 0.471. The molecule has 0 N–H and O–H groups in total. The predicted molar refractivity (Wildman–Crippen MR) is 40.1 cm³/mol. The average molecular weight is 95.8 g/mol. The standard InChI is InChI=1S/C5H14B2/c1-4-7(3)5(2)6/h5H,4,6H2,1-3H3/t5-/m0/s1. The molecule has 2 heteroatoms. The van der Waals surface area contributed by atoms with Gasteiger partial charge in [0.2, 0.25) is 0 Å². The van der Waals surface area contributed by atoms with Gasteiger partial charge in [0.25, 0.3) is 0 Å². The topological polar surface area (TPSA) is 0 Å². The highest BCUT2D eigenvalue weighted by Gasteiger charge is 2.06. The largest absolute Gasteiger partial charge is 0.131 e. The molecular weight excluding hydrogens is 81.7 g/mol. The van der Waals surface area contributed by atoms with Crippen molar-refractivity contribution in [2.45, 2.75) is 32.7 Å². The first-order valence-corrected chi connectivity index (χ1v) is 3.18. The third kappa shape index (κ3) is 2.78. The highest BCUT2D eigenvalue weighted by atomic mass is 13.7. The van der Waals surface area contributed by atoms with E-state index in [4.69, 9.17) is 0 Å². The Hall–Kier alpha value is 0.130. The molecule has 0 spiro atoms. The lowest BCUT2D eigenvalue weighted by molar-refractivity contribution is 1.24. The summed E-state index contributed by atoms with van der Waals surface area (Å²) in [6.07, 6.45) is 1.32. The third-order valence-corrected chi connectivity index (χ3v) is 1.78. The quantitative estimate of drug-likeness (QED) is 0.451. The Bertz CT molecular complexity index is 43.3. The maximum absolute atomic E-state index is 2.30. The van der Waals surface area contributed by atoms with Crippen LogP contribution in [0.25, 0.3) is 0 Å². The molecule has 0 aromatic carbocycles. The Morgan fingerprint density at radius 1 is 1.71 bits per heavy atom. The maximum Gasteiger partial charge on any atom is 0.131 e. The minimum atomic E-state index is 0.866. The van der Waals surface area contributed by atoms with E-state index < -0.39 is 0 Å². The van der Waals surface area contributed by atoms with Gasteiger partial charge < -0.3 is 0 Å². The smallest absolute Gasteiger partial charge is 0.0925 e. The van der Waals surface area contributed by atoms with E-state index in [1.807, 2.05) is 0 Å². The van der Waals surface area contributed by atoms with Crippen molar-refractivity contribution in [3.05, 3.63) is 0 Å². The summed E-state index contributed by atoms with van der Waals surface area (Å²) in [6.45, 7) is 7.71. The van der Waals surface area contributed by atoms with Gasteiger partial charge >= 0.3 is 0 Å². The van der Waals surface area contributed by atoms with E-state index in [2.05, 4.69) is 28.5 Å². The molecule has 0 heterocycles. The van der Waals surface area contributed by atoms with Crippen LogP contribution < -0.4 is 0 Å². The molecule has 0 aliphatic heterocycles. The van der Waals surface area contributed by atoms with Gasteiger partial charge in [-0.05, 0) is 0 Å². The molecule has 7 heavy (non-hydrogen) atoms. The lowest BCUT2D eigenvalue weighted by atomic mass is 9.36. The van der Waals surface area contributed by atoms with Crippen molar-refractivity contribution < 1.29 is 0 Å². The summed E-state index contributed by atoms with van der Waals surface area (Å²) in [5.41, 5.74) is 0.866. The van der Waals surface area contributed by atoms with E-state index in [0.717, 1.165) is 12.4 Å². The SMILES string of the molecule is B[C@H](C)B(C)CC. The molecule has 1 atom stereocenters. The van der Waals surface area contributed by atoms with Crippen LogP contribution in [0.15, 0.2) is 0 Å². The first kappa shape index (κ1) is 7.13. The predicted octanol–water partition coefficient (Wildman–Crippen LogP) is 1.11. The number of hydrogen-bond acceptors (Lipinski definition) is 0. The highest BCUT2D eigenvalue weighted by molar-refractivity contribution is 6.66. The second-order valence-electron chi connectivity index (χ2n) is 2.63. The van der Waals surface area contributed by atoms with Crippen LogP contribution in [0.5, 0.6) is 0 Å². The fraction of sp³-hybridized carbons (Fsp3) is 1.00. The van der Waals surface area contributed by atoms with E-state index >= 15 is 0 Å². The molecular formula is C5H14B2. The Labute approximate surface area is 48.2 Å². The Morgan fingerprint density at radius 3 is 2.14 bits per heavy atom. The summed E-state index contributed by atoms with van der Waals surface area (Å²) in [4.78, 5) is 0. The molecule has 0 amide bonds. The Balaban J connectivity index is 3.14. The van der Waals surface area contributed by atoms with Gasteiger partial charge in [-0.15, -0.1) is 0 Å². The van der Waals surface area contributed by atoms with Gasteiger partial charge in [0.15, 0.2) is 0 Å². The molecule has 0 aromatic heterocycles. The molecule has 40 valence electrons. The summed E-state index contributed by atoms with van der Waals surface area (Å²) < 4.78 is 0. The van der Waals surface area contributed by atoms with Crippen LogP contribution in [0.4, 0.5) is 0 Å². The van der Waals surface area contributed by atoms with Crippen molar-refractivity contribution in [3.8, 4) is 0 Å². The van der Waals surface area contributed by atoms with Crippen LogP contribution in [0.2, 0.25) is 18.9 Å². The minimum absolute atomic E-state index is 0.866. The Morgan fingerprint density at radius 2 is 2.14 bits per heavy atom. The fourth-order valence-corrected chi connectivity index (χ4v) is 0.471. The van der Waals surface area contributed by atoms with E-state index in [0.29, 0.717) is 0 Å². The Kier molecular flexibility index (Phi) is 3.23. The minimum Gasteiger partial charge on any atom is -0.0925 e. The van der Waals surface area contributed by atoms with Gasteiger partial charge in [-0.1, -0.05) is 32.7 Å². The molecule has 0 radical (unpaired) electrons. The van der Waals surface area contributed by atoms with Crippen LogP contribution in [-0.4, -0.2) is 14.6 Å². The van der Waals surface area contributed by atoms with Gasteiger partial charge in [0.1, 0.15) is 6.71 Å². The molecule has 0 saturated heterocycles. The van der Waals surface area contributed by atoms with Crippen LogP contribution in [-0.2, 0) is 0 Å². The summed E-state index contributed by atoms with van der Waals surface area (Å²) in [5.74, 6) is 0. The lowest BCUT2D eigenvalue weighted by Crippen LogP contribution is -2.11. The molecule has 0 rings (SSSR count). The molecule has 0 aromatic rings. The maximum atomic E-state index is 2.30. The molecule has 0 nitrogen and oxygen atoms in total. The zero-order valence-corrected chi connectivity index (χ0v) is 5.86. The summed E-state index contributed by atoms with van der Waals surface area (Å²) >= 11 is 0. The van der Waals surface area contributed by atoms with Gasteiger partial charge in [0.05, 0.1) is 7.85 Å². The van der Waals surface area contributed by atoms with Crippen molar-refractivity contribution in [3.63, 3.8) is 0 Å². The first-order chi connectivity index (χ1) is 3.18. The van der Waals surface area contributed by atoms with Gasteiger partial charge in [-0.3, -0.25) is 0 Å². The average Bonchev–Trinajstić information content (AvgIpc) is 1.65. The molecule has 0 unspecified atom stereocenters. The third-order valence-electron chi connectivity index (χ3n) is 1.78. The monoisotopic (exact) mass is 96.1 g/mol. The summed E-state index contributed by atoms with van der Waals surface area (Å²) in [5, 5.41) is 0. The highest BCUT2D eigenvalue weighted by Crippen LogP contribution is 2.05. The molecule has 0 saturated carbocycles. The zero-order valence-electron chi connectivity index (χ0n) is 5.86. The van der Waals surface area contributed by atoms with E-state index in [-0.39, 0.29) is 0 Å². The second-order valence-corrected chi connectivity index (χ2v) is 2.63. The van der Waals surface area contributed by atoms with Crippen LogP contribution in [0.1, 0.15) is 13.8 Å². The van der Waals surface area contributed by atoms with Crippen molar-refractivity contribution >= 4 is 14.6 Å². The second kappa shape index (κ2) is 3.17. The first-order valence-electron chi connectivity index (χ1n) is 3.18. The van der Waals surface area contributed by atoms with E-state index in [1.54, 1.807) is 0 Å². The summed E-state index contributed by atoms with van der Waals surface area (Å²) in [6, 6.07) is 0. The van der Waals surface area contributed by atoms with E-state index in [1.165, 1.54) is 6.32 Å². The van der Waals surface area contributed by atoms with Gasteiger partial charge in [-0.2, -0.15) is 0 Å². The van der Waals surface area contributed by atoms with Crippen molar-refractivity contribution in [1.82, 2.24) is 0 Å². The molecule has 0 aliphatic carbocycles. The van der Waals surface area contributed by atoms with Crippen LogP contribution in [0, 0.1) is 0 Å². The van der Waals surface area contributed by atoms with E-state index in [9.17, 15) is 0 Å². The van der Waals surface area contributed by atoms with Gasteiger partial charge in [-0.25, -0.2) is 0 Å². The number of hydrogen-bond donors (Lipinski definition) is 0. The zero-order chi connectivity index (χ0) is 5.86. The number of rotatable bonds is 2. The normalized spacial score (nSPS) is 13.6. The van der Waals surface area contributed by atoms with Crippen molar-refractivity contribution in [2.75, 3.05) is 0 Å². The summed E-state index contributed by atoms with van der Waals surface area (Å²) in [7, 11) is 2.27. The molecule has 0 fully saturated rings. The van der Waals surface area contributed by atoms with Crippen LogP contribution >= 0.6 is 0 Å². The lowest BCUT2D eigenvalue weighted by Gasteiger charge is -2.06. The molecule has 0 aliphatic rings. The van der Waals surface area contributed by atoms with Crippen LogP contribution in [0.3, 0.4) is 0 Å². The van der Waals surface area contributed by atoms with Crippen molar-refractivity contribution in [1.29, 1.82) is 0 Å². The molecule has 0 bridgehead atoms. The van der Waals surface area contributed by atoms with Crippen molar-refractivity contribution in [2.24, 2.45) is 0 Å².